The second-order valence-corrected chi connectivity index (χ2v) is 8.86. The van der Waals surface area contributed by atoms with E-state index in [2.05, 4.69) is 5.32 Å². The third-order valence-electron chi connectivity index (χ3n) is 5.80. The smallest absolute Gasteiger partial charge is 0.261 e. The maximum absolute atomic E-state index is 13.6. The van der Waals surface area contributed by atoms with Gasteiger partial charge in [-0.05, 0) is 56.0 Å². The second-order valence-electron chi connectivity index (χ2n) is 8.86. The van der Waals surface area contributed by atoms with Crippen LogP contribution in [0.25, 0.3) is 0 Å². The van der Waals surface area contributed by atoms with Crippen LogP contribution in [-0.4, -0.2) is 35.4 Å². The third kappa shape index (κ3) is 6.95. The Morgan fingerprint density at radius 3 is 2.09 bits per heavy atom. The molecule has 0 unspecified atom stereocenters. The molecule has 0 saturated carbocycles. The summed E-state index contributed by atoms with van der Waals surface area (Å²) in [6, 6.07) is 24.6. The van der Waals surface area contributed by atoms with E-state index in [4.69, 9.17) is 4.74 Å². The van der Waals surface area contributed by atoms with Gasteiger partial charge in [-0.25, -0.2) is 0 Å². The van der Waals surface area contributed by atoms with Gasteiger partial charge in [-0.2, -0.15) is 0 Å². The van der Waals surface area contributed by atoms with E-state index < -0.39 is 6.04 Å². The van der Waals surface area contributed by atoms with Crippen molar-refractivity contribution < 1.29 is 14.3 Å². The first-order valence-electron chi connectivity index (χ1n) is 11.7. The van der Waals surface area contributed by atoms with Gasteiger partial charge in [0.05, 0.1) is 0 Å². The van der Waals surface area contributed by atoms with Crippen molar-refractivity contribution in [2.45, 2.75) is 52.7 Å². The van der Waals surface area contributed by atoms with Gasteiger partial charge in [-0.15, -0.1) is 0 Å². The highest BCUT2D eigenvalue weighted by molar-refractivity contribution is 5.88. The SMILES string of the molecule is Cc1cccc(OCC(=O)N(Cc2ccccc2)[C@@H](Cc2ccccc2)C(=O)NC(C)C)c1C. The fraction of sp³-hybridized carbons (Fsp3) is 0.310. The Kier molecular flexibility index (Phi) is 8.86. The van der Waals surface area contributed by atoms with Crippen molar-refractivity contribution in [3.63, 3.8) is 0 Å². The summed E-state index contributed by atoms with van der Waals surface area (Å²) in [7, 11) is 0. The van der Waals surface area contributed by atoms with Crippen LogP contribution >= 0.6 is 0 Å². The lowest BCUT2D eigenvalue weighted by atomic mass is 10.0. The van der Waals surface area contributed by atoms with Crippen LogP contribution in [0, 0.1) is 13.8 Å². The van der Waals surface area contributed by atoms with E-state index >= 15 is 0 Å². The molecule has 3 aromatic carbocycles. The highest BCUT2D eigenvalue weighted by Gasteiger charge is 2.31. The standard InChI is InChI=1S/C29H34N2O3/c1-21(2)30-29(33)26(18-24-13-7-5-8-14-24)31(19-25-15-9-6-10-16-25)28(32)20-34-27-17-11-12-22(3)23(27)4/h5-17,21,26H,18-20H2,1-4H3,(H,30,33)/t26-/m0/s1. The predicted molar refractivity (Wildman–Crippen MR) is 136 cm³/mol. The molecule has 3 rings (SSSR count). The van der Waals surface area contributed by atoms with Gasteiger partial charge < -0.3 is 15.0 Å². The van der Waals surface area contributed by atoms with Crippen molar-refractivity contribution >= 4 is 11.8 Å². The molecule has 178 valence electrons. The first kappa shape index (κ1) is 25.0. The fourth-order valence-corrected chi connectivity index (χ4v) is 3.82. The largest absolute Gasteiger partial charge is 0.483 e. The summed E-state index contributed by atoms with van der Waals surface area (Å²) in [6.07, 6.45) is 0.418. The molecule has 0 aliphatic rings. The summed E-state index contributed by atoms with van der Waals surface area (Å²) < 4.78 is 5.94. The van der Waals surface area contributed by atoms with E-state index in [1.807, 2.05) is 107 Å². The Balaban J connectivity index is 1.90. The summed E-state index contributed by atoms with van der Waals surface area (Å²) in [4.78, 5) is 28.5. The van der Waals surface area contributed by atoms with Crippen molar-refractivity contribution in [3.05, 3.63) is 101 Å². The number of hydrogen-bond donors (Lipinski definition) is 1. The average molecular weight is 459 g/mol. The van der Waals surface area contributed by atoms with Gasteiger partial charge in [0, 0.05) is 19.0 Å². The number of amides is 2. The van der Waals surface area contributed by atoms with E-state index in [0.29, 0.717) is 18.7 Å². The highest BCUT2D eigenvalue weighted by Crippen LogP contribution is 2.21. The maximum Gasteiger partial charge on any atom is 0.261 e. The minimum absolute atomic E-state index is 0.0364. The van der Waals surface area contributed by atoms with Gasteiger partial charge in [-0.3, -0.25) is 9.59 Å². The summed E-state index contributed by atoms with van der Waals surface area (Å²) >= 11 is 0. The molecule has 0 aliphatic heterocycles. The van der Waals surface area contributed by atoms with Gasteiger partial charge in [-0.1, -0.05) is 72.8 Å². The number of carbonyl (C=O) groups is 2. The van der Waals surface area contributed by atoms with E-state index in [9.17, 15) is 9.59 Å². The van der Waals surface area contributed by atoms with E-state index in [-0.39, 0.29) is 24.5 Å². The monoisotopic (exact) mass is 458 g/mol. The average Bonchev–Trinajstić information content (AvgIpc) is 2.83. The van der Waals surface area contributed by atoms with Gasteiger partial charge in [0.15, 0.2) is 6.61 Å². The second kappa shape index (κ2) is 12.0. The number of nitrogens with zero attached hydrogens (tertiary/aromatic N) is 1. The van der Waals surface area contributed by atoms with Crippen LogP contribution in [0.4, 0.5) is 0 Å². The molecular formula is C29H34N2O3. The molecule has 0 aliphatic carbocycles. The number of carbonyl (C=O) groups excluding carboxylic acids is 2. The lowest BCUT2D eigenvalue weighted by Crippen LogP contribution is -2.52. The van der Waals surface area contributed by atoms with Crippen LogP contribution in [0.2, 0.25) is 0 Å². The molecule has 0 spiro atoms. The minimum Gasteiger partial charge on any atom is -0.483 e. The summed E-state index contributed by atoms with van der Waals surface area (Å²) in [5, 5.41) is 3.00. The fourth-order valence-electron chi connectivity index (χ4n) is 3.82. The topological polar surface area (TPSA) is 58.6 Å². The number of benzene rings is 3. The van der Waals surface area contributed by atoms with Crippen molar-refractivity contribution in [1.82, 2.24) is 10.2 Å². The van der Waals surface area contributed by atoms with Crippen molar-refractivity contribution in [3.8, 4) is 5.75 Å². The Morgan fingerprint density at radius 2 is 1.47 bits per heavy atom. The van der Waals surface area contributed by atoms with Gasteiger partial charge in [0.1, 0.15) is 11.8 Å². The van der Waals surface area contributed by atoms with Crippen molar-refractivity contribution in [1.29, 1.82) is 0 Å². The molecular weight excluding hydrogens is 424 g/mol. The van der Waals surface area contributed by atoms with Crippen LogP contribution in [0.5, 0.6) is 5.75 Å². The Hall–Kier alpha value is -3.60. The third-order valence-corrected chi connectivity index (χ3v) is 5.80. The molecule has 0 aromatic heterocycles. The number of aryl methyl sites for hydroxylation is 1. The van der Waals surface area contributed by atoms with E-state index in [0.717, 1.165) is 22.3 Å². The molecule has 0 fully saturated rings. The molecule has 3 aromatic rings. The first-order chi connectivity index (χ1) is 16.3. The van der Waals surface area contributed by atoms with Crippen LogP contribution < -0.4 is 10.1 Å². The zero-order valence-electron chi connectivity index (χ0n) is 20.5. The van der Waals surface area contributed by atoms with Crippen LogP contribution in [0.15, 0.2) is 78.9 Å². The molecule has 34 heavy (non-hydrogen) atoms. The van der Waals surface area contributed by atoms with Crippen LogP contribution in [0.3, 0.4) is 0 Å². The Bertz CT molecular complexity index is 1080. The molecule has 2 amide bonds. The van der Waals surface area contributed by atoms with Gasteiger partial charge in [0.25, 0.3) is 5.91 Å². The lowest BCUT2D eigenvalue weighted by molar-refractivity contribution is -0.143. The number of rotatable bonds is 10. The van der Waals surface area contributed by atoms with E-state index in [1.54, 1.807) is 4.90 Å². The van der Waals surface area contributed by atoms with E-state index in [1.165, 1.54) is 0 Å². The molecule has 0 heterocycles. The molecule has 0 saturated heterocycles. The summed E-state index contributed by atoms with van der Waals surface area (Å²) in [5.41, 5.74) is 4.05. The highest BCUT2D eigenvalue weighted by atomic mass is 16.5. The number of ether oxygens (including phenoxy) is 1. The molecule has 0 radical (unpaired) electrons. The molecule has 0 bridgehead atoms. The molecule has 1 N–H and O–H groups in total. The van der Waals surface area contributed by atoms with Crippen LogP contribution in [-0.2, 0) is 22.6 Å². The Morgan fingerprint density at radius 1 is 0.853 bits per heavy atom. The molecule has 5 heteroatoms. The summed E-state index contributed by atoms with van der Waals surface area (Å²) in [5.74, 6) is 0.277. The van der Waals surface area contributed by atoms with Gasteiger partial charge >= 0.3 is 0 Å². The minimum atomic E-state index is -0.667. The van der Waals surface area contributed by atoms with Gasteiger partial charge in [0.2, 0.25) is 5.91 Å². The van der Waals surface area contributed by atoms with Crippen molar-refractivity contribution in [2.24, 2.45) is 0 Å². The zero-order valence-corrected chi connectivity index (χ0v) is 20.5. The van der Waals surface area contributed by atoms with Crippen molar-refractivity contribution in [2.75, 3.05) is 6.61 Å². The normalized spacial score (nSPS) is 11.7. The molecule has 1 atom stereocenters. The first-order valence-corrected chi connectivity index (χ1v) is 11.7. The van der Waals surface area contributed by atoms with Crippen LogP contribution in [0.1, 0.15) is 36.1 Å². The lowest BCUT2D eigenvalue weighted by Gasteiger charge is -2.32. The Labute approximate surface area is 202 Å². The molecule has 5 nitrogen and oxygen atoms in total. The zero-order chi connectivity index (χ0) is 24.5. The number of nitrogens with one attached hydrogen (secondary N) is 1. The summed E-state index contributed by atoms with van der Waals surface area (Å²) in [6.45, 7) is 8.01. The maximum atomic E-state index is 13.6. The predicted octanol–water partition coefficient (Wildman–Crippen LogP) is 4.85. The number of hydrogen-bond acceptors (Lipinski definition) is 3. The quantitative estimate of drug-likeness (QED) is 0.473.